The highest BCUT2D eigenvalue weighted by atomic mass is 32.1. The molecule has 0 aliphatic heterocycles. The molecule has 0 amide bonds. The van der Waals surface area contributed by atoms with Gasteiger partial charge in [0.15, 0.2) is 0 Å². The summed E-state index contributed by atoms with van der Waals surface area (Å²) in [6.45, 7) is 0. The van der Waals surface area contributed by atoms with Gasteiger partial charge in [0.25, 0.3) is 0 Å². The first-order chi connectivity index (χ1) is 6.39. The van der Waals surface area contributed by atoms with Gasteiger partial charge in [-0.25, -0.2) is 0 Å². The molecule has 13 heavy (non-hydrogen) atoms. The van der Waals surface area contributed by atoms with Crippen molar-refractivity contribution in [2.45, 2.75) is 50.2 Å². The Balaban J connectivity index is 2.29. The van der Waals surface area contributed by atoms with Gasteiger partial charge < -0.3 is 0 Å². The van der Waals surface area contributed by atoms with E-state index in [0.29, 0.717) is 5.25 Å². The molecule has 0 heterocycles. The molecule has 1 aliphatic carbocycles. The van der Waals surface area contributed by atoms with Gasteiger partial charge in [0.1, 0.15) is 0 Å². The molecular weight excluding hydrogens is 176 g/mol. The zero-order chi connectivity index (χ0) is 9.36. The fourth-order valence-electron chi connectivity index (χ4n) is 1.55. The summed E-state index contributed by atoms with van der Waals surface area (Å²) >= 11 is 4.55. The molecule has 1 aliphatic rings. The lowest BCUT2D eigenvalue weighted by Gasteiger charge is -2.06. The third-order valence-electron chi connectivity index (χ3n) is 2.39. The Morgan fingerprint density at radius 3 is 2.23 bits per heavy atom. The van der Waals surface area contributed by atoms with E-state index in [1.807, 2.05) is 0 Å². The highest BCUT2D eigenvalue weighted by Crippen LogP contribution is 2.13. The standard InChI is InChI=1S/C12H20S/c13-12-10-8-6-4-2-1-3-5-7-9-11-12/h2,4,7,9,12-13H,1,3,5-6,8,10-11H2/b4-2+,9-7+. The fourth-order valence-corrected chi connectivity index (χ4v) is 1.85. The number of hydrogen-bond donors (Lipinski definition) is 1. The first-order valence-electron chi connectivity index (χ1n) is 5.37. The quantitative estimate of drug-likeness (QED) is 0.437. The molecule has 0 fully saturated rings. The van der Waals surface area contributed by atoms with Crippen LogP contribution in [0.2, 0.25) is 0 Å². The van der Waals surface area contributed by atoms with Gasteiger partial charge in [0.2, 0.25) is 0 Å². The predicted molar refractivity (Wildman–Crippen MR) is 63.4 cm³/mol. The average Bonchev–Trinajstić information content (AvgIpc) is 2.11. The van der Waals surface area contributed by atoms with Crippen LogP contribution in [-0.4, -0.2) is 5.25 Å². The lowest BCUT2D eigenvalue weighted by atomic mass is 10.1. The molecule has 0 aromatic carbocycles. The summed E-state index contributed by atoms with van der Waals surface area (Å²) in [7, 11) is 0. The Kier molecular flexibility index (Phi) is 6.09. The molecule has 1 atom stereocenters. The first-order valence-corrected chi connectivity index (χ1v) is 5.89. The van der Waals surface area contributed by atoms with Crippen LogP contribution < -0.4 is 0 Å². The largest absolute Gasteiger partial charge is 0.176 e. The number of hydrogen-bond acceptors (Lipinski definition) is 1. The Hall–Kier alpha value is -0.170. The van der Waals surface area contributed by atoms with Gasteiger partial charge in [0, 0.05) is 5.25 Å². The van der Waals surface area contributed by atoms with E-state index in [4.69, 9.17) is 0 Å². The van der Waals surface area contributed by atoms with Crippen molar-refractivity contribution < 1.29 is 0 Å². The molecule has 0 saturated heterocycles. The second kappa shape index (κ2) is 7.25. The van der Waals surface area contributed by atoms with Crippen molar-refractivity contribution in [3.05, 3.63) is 24.3 Å². The van der Waals surface area contributed by atoms with Crippen LogP contribution >= 0.6 is 12.6 Å². The summed E-state index contributed by atoms with van der Waals surface area (Å²) in [5, 5.41) is 0.573. The molecule has 74 valence electrons. The van der Waals surface area contributed by atoms with Gasteiger partial charge >= 0.3 is 0 Å². The van der Waals surface area contributed by atoms with E-state index in [0.717, 1.165) is 6.42 Å². The third-order valence-corrected chi connectivity index (χ3v) is 2.86. The molecule has 0 spiro atoms. The van der Waals surface area contributed by atoms with E-state index in [9.17, 15) is 0 Å². The van der Waals surface area contributed by atoms with Gasteiger partial charge in [-0.1, -0.05) is 24.3 Å². The Morgan fingerprint density at radius 1 is 0.846 bits per heavy atom. The molecule has 0 bridgehead atoms. The monoisotopic (exact) mass is 196 g/mol. The summed E-state index contributed by atoms with van der Waals surface area (Å²) in [5.74, 6) is 0. The molecular formula is C12H20S. The third kappa shape index (κ3) is 5.98. The second-order valence-corrected chi connectivity index (χ2v) is 4.42. The maximum absolute atomic E-state index is 4.55. The number of thiol groups is 1. The highest BCUT2D eigenvalue weighted by Gasteiger charge is 1.99. The van der Waals surface area contributed by atoms with Crippen molar-refractivity contribution >= 4 is 12.6 Å². The summed E-state index contributed by atoms with van der Waals surface area (Å²) in [6.07, 6.45) is 17.9. The van der Waals surface area contributed by atoms with Crippen molar-refractivity contribution in [2.24, 2.45) is 0 Å². The number of rotatable bonds is 0. The van der Waals surface area contributed by atoms with Crippen LogP contribution in [-0.2, 0) is 0 Å². The Morgan fingerprint density at radius 2 is 1.46 bits per heavy atom. The van der Waals surface area contributed by atoms with Crippen molar-refractivity contribution in [3.8, 4) is 0 Å². The zero-order valence-corrected chi connectivity index (χ0v) is 9.18. The molecule has 0 saturated carbocycles. The molecule has 0 aromatic rings. The van der Waals surface area contributed by atoms with Crippen LogP contribution in [0.15, 0.2) is 24.3 Å². The van der Waals surface area contributed by atoms with E-state index in [-0.39, 0.29) is 0 Å². The van der Waals surface area contributed by atoms with Gasteiger partial charge in [-0.15, -0.1) is 0 Å². The normalized spacial score (nSPS) is 31.3. The summed E-state index contributed by atoms with van der Waals surface area (Å²) in [5.41, 5.74) is 0. The van der Waals surface area contributed by atoms with Crippen LogP contribution in [0.3, 0.4) is 0 Å². The lowest BCUT2D eigenvalue weighted by molar-refractivity contribution is 0.708. The van der Waals surface area contributed by atoms with Gasteiger partial charge in [-0.2, -0.15) is 12.6 Å². The smallest absolute Gasteiger partial charge is 0.00514 e. The molecule has 0 aromatic heterocycles. The first kappa shape index (κ1) is 10.9. The minimum Gasteiger partial charge on any atom is -0.176 e. The maximum atomic E-state index is 4.55. The molecule has 0 radical (unpaired) electrons. The van der Waals surface area contributed by atoms with Crippen LogP contribution in [0.25, 0.3) is 0 Å². The second-order valence-electron chi connectivity index (χ2n) is 3.69. The van der Waals surface area contributed by atoms with E-state index < -0.39 is 0 Å². The van der Waals surface area contributed by atoms with E-state index in [1.54, 1.807) is 0 Å². The Bertz CT molecular complexity index is 170. The van der Waals surface area contributed by atoms with Crippen molar-refractivity contribution in [1.82, 2.24) is 0 Å². The molecule has 0 N–H and O–H groups in total. The lowest BCUT2D eigenvalue weighted by Crippen LogP contribution is -1.96. The van der Waals surface area contributed by atoms with E-state index in [2.05, 4.69) is 36.9 Å². The highest BCUT2D eigenvalue weighted by molar-refractivity contribution is 7.80. The molecule has 1 rings (SSSR count). The van der Waals surface area contributed by atoms with Crippen LogP contribution in [0.5, 0.6) is 0 Å². The predicted octanol–water partition coefficient (Wildman–Crippen LogP) is 4.14. The minimum absolute atomic E-state index is 0.573. The van der Waals surface area contributed by atoms with Crippen molar-refractivity contribution in [1.29, 1.82) is 0 Å². The van der Waals surface area contributed by atoms with Crippen molar-refractivity contribution in [3.63, 3.8) is 0 Å². The maximum Gasteiger partial charge on any atom is 0.00514 e. The summed E-state index contributed by atoms with van der Waals surface area (Å²) in [4.78, 5) is 0. The SMILES string of the molecule is SC1C/C=C/CCC/C=C/CCC1. The summed E-state index contributed by atoms with van der Waals surface area (Å²) < 4.78 is 0. The van der Waals surface area contributed by atoms with E-state index >= 15 is 0 Å². The average molecular weight is 196 g/mol. The topological polar surface area (TPSA) is 0 Å². The van der Waals surface area contributed by atoms with Crippen LogP contribution in [0.4, 0.5) is 0 Å². The van der Waals surface area contributed by atoms with E-state index in [1.165, 1.54) is 38.5 Å². The fraction of sp³-hybridized carbons (Fsp3) is 0.667. The molecule has 1 heteroatoms. The van der Waals surface area contributed by atoms with Crippen LogP contribution in [0, 0.1) is 0 Å². The molecule has 0 nitrogen and oxygen atoms in total. The minimum atomic E-state index is 0.573. The number of allylic oxidation sites excluding steroid dienone is 4. The van der Waals surface area contributed by atoms with Crippen LogP contribution in [0.1, 0.15) is 44.9 Å². The summed E-state index contributed by atoms with van der Waals surface area (Å²) in [6, 6.07) is 0. The zero-order valence-electron chi connectivity index (χ0n) is 8.28. The van der Waals surface area contributed by atoms with Crippen molar-refractivity contribution in [2.75, 3.05) is 0 Å². The van der Waals surface area contributed by atoms with Gasteiger partial charge in [-0.05, 0) is 44.9 Å². The van der Waals surface area contributed by atoms with Gasteiger partial charge in [0.05, 0.1) is 0 Å². The van der Waals surface area contributed by atoms with Gasteiger partial charge in [-0.3, -0.25) is 0 Å². The Labute approximate surface area is 87.5 Å². The molecule has 1 unspecified atom stereocenters.